The van der Waals surface area contributed by atoms with Crippen molar-refractivity contribution in [2.45, 2.75) is 43.9 Å². The van der Waals surface area contributed by atoms with E-state index in [1.807, 2.05) is 10.9 Å². The Hall–Kier alpha value is -3.41. The number of halogens is 1. The molecule has 0 bridgehead atoms. The number of nitrogen functional groups attached to an aromatic ring is 1. The minimum atomic E-state index is -2.55. The maximum absolute atomic E-state index is 14.6. The molecular formula is C25H26FN5O2. The van der Waals surface area contributed by atoms with Gasteiger partial charge in [0.25, 0.3) is 0 Å². The highest BCUT2D eigenvalue weighted by molar-refractivity contribution is 5.65. The number of benzene rings is 1. The summed E-state index contributed by atoms with van der Waals surface area (Å²) in [6, 6.07) is 5.74. The molecule has 0 atom stereocenters. The molecule has 8 heteroatoms. The number of nitrogens with one attached hydrogen (secondary N) is 1. The number of hydrogen-bond donors (Lipinski definition) is 3. The third kappa shape index (κ3) is 5.00. The van der Waals surface area contributed by atoms with Gasteiger partial charge in [0.05, 0.1) is 15.0 Å². The predicted molar refractivity (Wildman–Crippen MR) is 123 cm³/mol. The maximum atomic E-state index is 14.6. The van der Waals surface area contributed by atoms with Gasteiger partial charge in [-0.15, -0.1) is 0 Å². The first-order valence-electron chi connectivity index (χ1n) is 12.0. The minimum absolute atomic E-state index is 0.00899. The zero-order valence-electron chi connectivity index (χ0n) is 20.0. The Bertz CT molecular complexity index is 1310. The lowest BCUT2D eigenvalue weighted by Gasteiger charge is -2.22. The summed E-state index contributed by atoms with van der Waals surface area (Å²) in [6.45, 7) is -0.660. The first-order valence-corrected chi connectivity index (χ1v) is 11.0. The van der Waals surface area contributed by atoms with Crippen LogP contribution in [0.5, 0.6) is 5.75 Å². The zero-order valence-corrected chi connectivity index (χ0v) is 18.0. The molecule has 3 aromatic rings. The van der Waals surface area contributed by atoms with E-state index < -0.39 is 18.0 Å². The number of nitrogens with zero attached hydrogens (tertiary/aromatic N) is 3. The van der Waals surface area contributed by atoms with Gasteiger partial charge in [0, 0.05) is 34.6 Å². The molecule has 1 saturated carbocycles. The summed E-state index contributed by atoms with van der Waals surface area (Å²) >= 11 is 0. The van der Waals surface area contributed by atoms with E-state index in [-0.39, 0.29) is 17.1 Å². The van der Waals surface area contributed by atoms with E-state index in [4.69, 9.17) is 13.2 Å². The third-order valence-corrected chi connectivity index (χ3v) is 5.90. The smallest absolute Gasteiger partial charge is 0.166 e. The van der Waals surface area contributed by atoms with Crippen molar-refractivity contribution in [3.05, 3.63) is 59.8 Å². The standard InChI is InChI=1S/C25H26FN5O2/c26-22-2-1-17(3-6-25(32)7-8-25)11-19(22)16-33-23-12-18(13-29-24(23)27)20-14-30-31(15-20)21-4-9-28-10-5-21/h1-2,11-15,21,28,32H,4-5,7-10,16H2,(H2,27,29)/i16D2. The van der Waals surface area contributed by atoms with E-state index in [0.29, 0.717) is 30.0 Å². The summed E-state index contributed by atoms with van der Waals surface area (Å²) in [6.07, 6.45) is 8.39. The number of anilines is 1. The average Bonchev–Trinajstić information content (AvgIpc) is 3.38. The van der Waals surface area contributed by atoms with Gasteiger partial charge in [-0.3, -0.25) is 4.68 Å². The third-order valence-electron chi connectivity index (χ3n) is 5.90. The molecule has 2 aliphatic rings. The monoisotopic (exact) mass is 449 g/mol. The van der Waals surface area contributed by atoms with E-state index in [2.05, 4.69) is 27.2 Å². The van der Waals surface area contributed by atoms with Crippen LogP contribution >= 0.6 is 0 Å². The van der Waals surface area contributed by atoms with Gasteiger partial charge in [0.2, 0.25) is 0 Å². The summed E-state index contributed by atoms with van der Waals surface area (Å²) < 4.78 is 38.9. The summed E-state index contributed by atoms with van der Waals surface area (Å²) in [5.41, 5.74) is 6.48. The van der Waals surface area contributed by atoms with Crippen molar-refractivity contribution in [3.63, 3.8) is 0 Å². The van der Waals surface area contributed by atoms with Crippen LogP contribution in [0.1, 0.15) is 45.6 Å². The summed E-state index contributed by atoms with van der Waals surface area (Å²) in [5.74, 6) is 4.71. The number of aliphatic hydroxyl groups is 1. The van der Waals surface area contributed by atoms with Crippen molar-refractivity contribution in [1.29, 1.82) is 0 Å². The van der Waals surface area contributed by atoms with E-state index in [9.17, 15) is 9.50 Å². The molecule has 1 saturated heterocycles. The fourth-order valence-corrected chi connectivity index (χ4v) is 3.68. The van der Waals surface area contributed by atoms with E-state index in [1.54, 1.807) is 18.5 Å². The quantitative estimate of drug-likeness (QED) is 0.518. The molecule has 7 nitrogen and oxygen atoms in total. The molecule has 5 rings (SSSR count). The molecule has 0 spiro atoms. The molecule has 0 amide bonds. The normalized spacial score (nSPS) is 18.6. The van der Waals surface area contributed by atoms with Crippen LogP contribution in [-0.4, -0.2) is 38.6 Å². The number of hydrogen-bond acceptors (Lipinski definition) is 6. The maximum Gasteiger partial charge on any atom is 0.166 e. The van der Waals surface area contributed by atoms with Crippen LogP contribution in [0.25, 0.3) is 11.1 Å². The molecule has 3 heterocycles. The van der Waals surface area contributed by atoms with Gasteiger partial charge in [0.1, 0.15) is 18.0 Å². The number of piperidine rings is 1. The van der Waals surface area contributed by atoms with Crippen molar-refractivity contribution in [2.75, 3.05) is 18.8 Å². The molecule has 33 heavy (non-hydrogen) atoms. The molecule has 170 valence electrons. The summed E-state index contributed by atoms with van der Waals surface area (Å²) in [7, 11) is 0. The van der Waals surface area contributed by atoms with Gasteiger partial charge >= 0.3 is 0 Å². The Morgan fingerprint density at radius 1 is 1.27 bits per heavy atom. The highest BCUT2D eigenvalue weighted by atomic mass is 19.1. The van der Waals surface area contributed by atoms with E-state index in [0.717, 1.165) is 37.6 Å². The zero-order chi connectivity index (χ0) is 24.6. The first kappa shape index (κ1) is 19.1. The van der Waals surface area contributed by atoms with Crippen LogP contribution in [0, 0.1) is 17.7 Å². The second-order valence-electron chi connectivity index (χ2n) is 8.48. The lowest BCUT2D eigenvalue weighted by Crippen LogP contribution is -2.29. The molecule has 1 aromatic carbocycles. The van der Waals surface area contributed by atoms with Gasteiger partial charge in [-0.2, -0.15) is 5.10 Å². The molecule has 2 fully saturated rings. The van der Waals surface area contributed by atoms with Crippen molar-refractivity contribution < 1.29 is 17.0 Å². The Balaban J connectivity index is 1.39. The van der Waals surface area contributed by atoms with E-state index >= 15 is 0 Å². The minimum Gasteiger partial charge on any atom is -0.485 e. The molecule has 1 aliphatic heterocycles. The van der Waals surface area contributed by atoms with Crippen LogP contribution in [0.4, 0.5) is 10.2 Å². The Morgan fingerprint density at radius 2 is 2.09 bits per heavy atom. The molecular weight excluding hydrogens is 421 g/mol. The number of pyridine rings is 1. The number of ether oxygens (including phenoxy) is 1. The molecule has 1 aliphatic carbocycles. The number of aromatic nitrogens is 3. The van der Waals surface area contributed by atoms with Crippen molar-refractivity contribution in [3.8, 4) is 28.7 Å². The first-order chi connectivity index (χ1) is 16.7. The van der Waals surface area contributed by atoms with Crippen molar-refractivity contribution >= 4 is 5.82 Å². The van der Waals surface area contributed by atoms with Gasteiger partial charge in [-0.25, -0.2) is 9.37 Å². The SMILES string of the molecule is [2H]C([2H])(Oc1cc(-c2cnn(C3CCNCC3)c2)cnc1N)c1cc(C#CC2(O)CC2)ccc1F. The van der Waals surface area contributed by atoms with Gasteiger partial charge < -0.3 is 20.9 Å². The molecule has 0 unspecified atom stereocenters. The van der Waals surface area contributed by atoms with E-state index in [1.165, 1.54) is 12.1 Å². The topological polar surface area (TPSA) is 98.2 Å². The lowest BCUT2D eigenvalue weighted by atomic mass is 10.1. The summed E-state index contributed by atoms with van der Waals surface area (Å²) in [5, 5.41) is 17.7. The highest BCUT2D eigenvalue weighted by Crippen LogP contribution is 2.34. The van der Waals surface area contributed by atoms with Crippen molar-refractivity contribution in [2.24, 2.45) is 0 Å². The average molecular weight is 450 g/mol. The predicted octanol–water partition coefficient (Wildman–Crippen LogP) is 3.05. The second-order valence-corrected chi connectivity index (χ2v) is 8.48. The Labute approximate surface area is 194 Å². The van der Waals surface area contributed by atoms with Crippen LogP contribution in [0.3, 0.4) is 0 Å². The molecule has 0 radical (unpaired) electrons. The number of nitrogens with two attached hydrogens (primary N) is 1. The molecule has 4 N–H and O–H groups in total. The summed E-state index contributed by atoms with van der Waals surface area (Å²) in [4.78, 5) is 4.15. The Kier molecular flexibility index (Phi) is 5.12. The van der Waals surface area contributed by atoms with Crippen LogP contribution in [0.2, 0.25) is 0 Å². The van der Waals surface area contributed by atoms with Gasteiger partial charge in [0.15, 0.2) is 11.6 Å². The molecule has 2 aromatic heterocycles. The van der Waals surface area contributed by atoms with Crippen LogP contribution in [-0.2, 0) is 6.56 Å². The Morgan fingerprint density at radius 3 is 2.88 bits per heavy atom. The second kappa shape index (κ2) is 8.85. The fourth-order valence-electron chi connectivity index (χ4n) is 3.68. The lowest BCUT2D eigenvalue weighted by molar-refractivity contribution is 0.212. The van der Waals surface area contributed by atoms with Crippen LogP contribution < -0.4 is 15.8 Å². The number of rotatable bonds is 5. The fraction of sp³-hybridized carbons (Fsp3) is 0.360. The van der Waals surface area contributed by atoms with Gasteiger partial charge in [-0.05, 0) is 63.0 Å². The van der Waals surface area contributed by atoms with Crippen molar-refractivity contribution in [1.82, 2.24) is 20.1 Å². The van der Waals surface area contributed by atoms with Gasteiger partial charge in [-0.1, -0.05) is 11.8 Å². The highest BCUT2D eigenvalue weighted by Gasteiger charge is 2.38. The largest absolute Gasteiger partial charge is 0.485 e. The van der Waals surface area contributed by atoms with Crippen LogP contribution in [0.15, 0.2) is 42.9 Å².